The molecule has 26 heavy (non-hydrogen) atoms. The van der Waals surface area contributed by atoms with Crippen LogP contribution in [-0.4, -0.2) is 34.2 Å². The van der Waals surface area contributed by atoms with E-state index in [1.165, 1.54) is 16.8 Å². The summed E-state index contributed by atoms with van der Waals surface area (Å²) >= 11 is 3.34. The molecule has 2 heterocycles. The second kappa shape index (κ2) is 7.99. The average Bonchev–Trinajstić information content (AvgIpc) is 2.64. The van der Waals surface area contributed by atoms with Crippen molar-refractivity contribution in [2.75, 3.05) is 13.1 Å². The third-order valence-electron chi connectivity index (χ3n) is 4.84. The van der Waals surface area contributed by atoms with Crippen molar-refractivity contribution in [1.82, 2.24) is 9.47 Å². The van der Waals surface area contributed by atoms with E-state index in [9.17, 15) is 14.4 Å². The third-order valence-corrected chi connectivity index (χ3v) is 5.36. The first-order valence-corrected chi connectivity index (χ1v) is 9.52. The first-order chi connectivity index (χ1) is 12.5. The maximum absolute atomic E-state index is 13.2. The number of nitrogens with zero attached hydrogens (tertiary/aromatic N) is 2. The summed E-state index contributed by atoms with van der Waals surface area (Å²) in [5.41, 5.74) is 0.0503. The van der Waals surface area contributed by atoms with Gasteiger partial charge in [0.1, 0.15) is 0 Å². The Bertz CT molecular complexity index is 852. The van der Waals surface area contributed by atoms with Crippen LogP contribution in [0.1, 0.15) is 36.2 Å². The molecule has 1 aliphatic heterocycles. The summed E-state index contributed by atoms with van der Waals surface area (Å²) in [5, 5.41) is 0. The van der Waals surface area contributed by atoms with Crippen molar-refractivity contribution in [2.45, 2.75) is 25.8 Å². The number of carbonyl (C=O) groups excluding carboxylic acids is 2. The molecule has 2 aromatic rings. The average molecular weight is 417 g/mol. The van der Waals surface area contributed by atoms with E-state index in [0.717, 1.165) is 17.3 Å². The highest BCUT2D eigenvalue weighted by Gasteiger charge is 2.34. The standard InChI is InChI=1S/C20H21BrN2O3/c1-14-9-12-22(13-10-14)20(26)18(23-11-3-2-4-17(23)24)19(25)15-5-7-16(21)8-6-15/h2-8,11,14,18H,9-10,12-13H2,1H3/t18-/m1/s1. The van der Waals surface area contributed by atoms with Crippen LogP contribution in [0.25, 0.3) is 0 Å². The Morgan fingerprint density at radius 2 is 1.73 bits per heavy atom. The molecule has 0 spiro atoms. The number of ketones is 1. The number of pyridine rings is 1. The summed E-state index contributed by atoms with van der Waals surface area (Å²) < 4.78 is 2.09. The number of Topliss-reactive ketones (excluding diaryl/α,β-unsaturated/α-hetero) is 1. The van der Waals surface area contributed by atoms with E-state index in [1.54, 1.807) is 41.3 Å². The SMILES string of the molecule is CC1CCN(C(=O)[C@@H](C(=O)c2ccc(Br)cc2)n2ccccc2=O)CC1. The van der Waals surface area contributed by atoms with Crippen LogP contribution in [0.15, 0.2) is 57.9 Å². The fourth-order valence-electron chi connectivity index (χ4n) is 3.18. The second-order valence-electron chi connectivity index (χ2n) is 6.73. The molecule has 1 aromatic carbocycles. The van der Waals surface area contributed by atoms with Crippen LogP contribution in [0.4, 0.5) is 0 Å². The molecule has 1 aromatic heterocycles. The molecule has 0 N–H and O–H groups in total. The van der Waals surface area contributed by atoms with Crippen LogP contribution in [0.5, 0.6) is 0 Å². The first-order valence-electron chi connectivity index (χ1n) is 8.73. The van der Waals surface area contributed by atoms with Crippen LogP contribution >= 0.6 is 15.9 Å². The number of hydrogen-bond donors (Lipinski definition) is 0. The van der Waals surface area contributed by atoms with E-state index in [-0.39, 0.29) is 17.2 Å². The van der Waals surface area contributed by atoms with E-state index in [2.05, 4.69) is 22.9 Å². The lowest BCUT2D eigenvalue weighted by Gasteiger charge is -2.33. The molecule has 0 aliphatic carbocycles. The summed E-state index contributed by atoms with van der Waals surface area (Å²) in [6, 6.07) is 10.3. The lowest BCUT2D eigenvalue weighted by molar-refractivity contribution is -0.134. The highest BCUT2D eigenvalue weighted by Crippen LogP contribution is 2.22. The largest absolute Gasteiger partial charge is 0.340 e. The number of aromatic nitrogens is 1. The summed E-state index contributed by atoms with van der Waals surface area (Å²) in [6.45, 7) is 3.39. The fraction of sp³-hybridized carbons (Fsp3) is 0.350. The monoisotopic (exact) mass is 416 g/mol. The lowest BCUT2D eigenvalue weighted by Crippen LogP contribution is -2.46. The van der Waals surface area contributed by atoms with Crippen molar-refractivity contribution in [3.63, 3.8) is 0 Å². The number of piperidine rings is 1. The van der Waals surface area contributed by atoms with Gasteiger partial charge in [-0.3, -0.25) is 19.0 Å². The Labute approximate surface area is 160 Å². The van der Waals surface area contributed by atoms with Crippen LogP contribution in [0, 0.1) is 5.92 Å². The van der Waals surface area contributed by atoms with Gasteiger partial charge in [-0.05, 0) is 37.0 Å². The molecule has 1 amide bonds. The molecule has 1 saturated heterocycles. The van der Waals surface area contributed by atoms with Crippen molar-refractivity contribution in [2.24, 2.45) is 5.92 Å². The zero-order valence-corrected chi connectivity index (χ0v) is 16.2. The van der Waals surface area contributed by atoms with E-state index in [0.29, 0.717) is 24.6 Å². The van der Waals surface area contributed by atoms with Gasteiger partial charge in [-0.15, -0.1) is 0 Å². The van der Waals surface area contributed by atoms with E-state index < -0.39 is 6.04 Å². The van der Waals surface area contributed by atoms with Crippen molar-refractivity contribution < 1.29 is 9.59 Å². The number of rotatable bonds is 4. The highest BCUT2D eigenvalue weighted by molar-refractivity contribution is 9.10. The number of likely N-dealkylation sites (tertiary alicyclic amines) is 1. The fourth-order valence-corrected chi connectivity index (χ4v) is 3.45. The normalized spacial score (nSPS) is 16.3. The van der Waals surface area contributed by atoms with Gasteiger partial charge in [0.15, 0.2) is 11.8 Å². The molecule has 0 saturated carbocycles. The third kappa shape index (κ3) is 3.96. The molecular formula is C20H21BrN2O3. The maximum Gasteiger partial charge on any atom is 0.253 e. The molecule has 136 valence electrons. The molecule has 1 atom stereocenters. The summed E-state index contributed by atoms with van der Waals surface area (Å²) in [5.74, 6) is -0.105. The van der Waals surface area contributed by atoms with Crippen molar-refractivity contribution >= 4 is 27.6 Å². The smallest absolute Gasteiger partial charge is 0.253 e. The molecule has 6 heteroatoms. The van der Waals surface area contributed by atoms with Gasteiger partial charge in [0.05, 0.1) is 0 Å². The van der Waals surface area contributed by atoms with Crippen LogP contribution in [0.2, 0.25) is 0 Å². The molecule has 3 rings (SSSR count). The highest BCUT2D eigenvalue weighted by atomic mass is 79.9. The number of carbonyl (C=O) groups is 2. The maximum atomic E-state index is 13.2. The van der Waals surface area contributed by atoms with Crippen molar-refractivity contribution in [3.8, 4) is 0 Å². The molecule has 5 nitrogen and oxygen atoms in total. The Morgan fingerprint density at radius 3 is 2.35 bits per heavy atom. The van der Waals surface area contributed by atoms with Crippen LogP contribution in [-0.2, 0) is 4.79 Å². The Hall–Kier alpha value is -2.21. The van der Waals surface area contributed by atoms with E-state index in [4.69, 9.17) is 0 Å². The minimum atomic E-state index is -1.17. The second-order valence-corrected chi connectivity index (χ2v) is 7.64. The zero-order chi connectivity index (χ0) is 18.7. The van der Waals surface area contributed by atoms with Gasteiger partial charge >= 0.3 is 0 Å². The van der Waals surface area contributed by atoms with Gasteiger partial charge in [-0.25, -0.2) is 0 Å². The summed E-state index contributed by atoms with van der Waals surface area (Å²) in [7, 11) is 0. The number of hydrogen-bond acceptors (Lipinski definition) is 3. The quantitative estimate of drug-likeness (QED) is 0.567. The van der Waals surface area contributed by atoms with Gasteiger partial charge in [0, 0.05) is 35.4 Å². The predicted octanol–water partition coefficient (Wildman–Crippen LogP) is 3.29. The van der Waals surface area contributed by atoms with Crippen LogP contribution < -0.4 is 5.56 Å². The Morgan fingerprint density at radius 1 is 1.08 bits per heavy atom. The minimum Gasteiger partial charge on any atom is -0.340 e. The Kier molecular flexibility index (Phi) is 5.71. The zero-order valence-electron chi connectivity index (χ0n) is 14.6. The first kappa shape index (κ1) is 18.6. The number of benzene rings is 1. The van der Waals surface area contributed by atoms with Gasteiger partial charge < -0.3 is 4.90 Å². The van der Waals surface area contributed by atoms with Gasteiger partial charge in [0.25, 0.3) is 11.5 Å². The van der Waals surface area contributed by atoms with Crippen molar-refractivity contribution in [1.29, 1.82) is 0 Å². The van der Waals surface area contributed by atoms with E-state index in [1.807, 2.05) is 0 Å². The van der Waals surface area contributed by atoms with Gasteiger partial charge in [0.2, 0.25) is 0 Å². The molecule has 1 aliphatic rings. The van der Waals surface area contributed by atoms with Gasteiger partial charge in [-0.1, -0.05) is 41.1 Å². The Balaban J connectivity index is 1.98. The molecule has 0 radical (unpaired) electrons. The van der Waals surface area contributed by atoms with E-state index >= 15 is 0 Å². The van der Waals surface area contributed by atoms with Gasteiger partial charge in [-0.2, -0.15) is 0 Å². The summed E-state index contributed by atoms with van der Waals surface area (Å²) in [6.07, 6.45) is 3.33. The molecule has 0 bridgehead atoms. The number of amides is 1. The van der Waals surface area contributed by atoms with Crippen LogP contribution in [0.3, 0.4) is 0 Å². The lowest BCUT2D eigenvalue weighted by atomic mass is 9.97. The number of halogens is 1. The molecular weight excluding hydrogens is 396 g/mol. The minimum absolute atomic E-state index is 0.307. The summed E-state index contributed by atoms with van der Waals surface area (Å²) in [4.78, 5) is 40.3. The molecule has 0 unspecified atom stereocenters. The predicted molar refractivity (Wildman–Crippen MR) is 103 cm³/mol. The molecule has 1 fully saturated rings. The van der Waals surface area contributed by atoms with Crippen molar-refractivity contribution in [3.05, 3.63) is 69.1 Å². The topological polar surface area (TPSA) is 59.4 Å².